The third-order valence-corrected chi connectivity index (χ3v) is 6.14. The number of hydrogen-bond acceptors (Lipinski definition) is 5. The van der Waals surface area contributed by atoms with Gasteiger partial charge in [-0.3, -0.25) is 14.9 Å². The third-order valence-electron chi connectivity index (χ3n) is 6.14. The summed E-state index contributed by atoms with van der Waals surface area (Å²) in [5.74, 6) is -1.29. The van der Waals surface area contributed by atoms with E-state index in [2.05, 4.69) is 4.99 Å². The van der Waals surface area contributed by atoms with Gasteiger partial charge in [-0.05, 0) is 11.6 Å². The minimum Gasteiger partial charge on any atom is -0.434 e. The Morgan fingerprint density at radius 1 is 1.10 bits per heavy atom. The number of nitro benzene ring substituents is 1. The van der Waals surface area contributed by atoms with E-state index in [4.69, 9.17) is 0 Å². The zero-order valence-corrected chi connectivity index (χ0v) is 16.7. The van der Waals surface area contributed by atoms with Gasteiger partial charge in [0, 0.05) is 29.2 Å². The van der Waals surface area contributed by atoms with E-state index in [1.807, 2.05) is 12.1 Å². The normalized spacial score (nSPS) is 18.8. The van der Waals surface area contributed by atoms with Crippen LogP contribution in [0.25, 0.3) is 0 Å². The van der Waals surface area contributed by atoms with Gasteiger partial charge in [0.1, 0.15) is 25.7 Å². The maximum Gasteiger partial charge on any atom is 0.519 e. The maximum absolute atomic E-state index is 13.4. The van der Waals surface area contributed by atoms with Gasteiger partial charge in [-0.15, -0.1) is 9.13 Å². The van der Waals surface area contributed by atoms with E-state index >= 15 is 0 Å². The summed E-state index contributed by atoms with van der Waals surface area (Å²) in [7, 11) is 3.04. The molecule has 0 fully saturated rings. The SMILES string of the molecule is Cn1c(O)[n+](C)c2c(c1=O)C(c1cccc([N+](=O)[O-])c1)C1C(=O)c3ccccc3C1=[NH+]2. The molecule has 0 radical (unpaired) electrons. The number of fused-ring (bicyclic) bond motifs is 4. The Kier molecular flexibility index (Phi) is 3.91. The number of carbonyl (C=O) groups excluding carboxylic acids is 1. The average molecular weight is 418 g/mol. The molecule has 0 bridgehead atoms. The highest BCUT2D eigenvalue weighted by atomic mass is 16.6. The highest BCUT2D eigenvalue weighted by Crippen LogP contribution is 2.42. The van der Waals surface area contributed by atoms with Crippen LogP contribution in [0.3, 0.4) is 0 Å². The van der Waals surface area contributed by atoms with Gasteiger partial charge in [-0.1, -0.05) is 30.3 Å². The van der Waals surface area contributed by atoms with Crippen molar-refractivity contribution in [1.29, 1.82) is 0 Å². The summed E-state index contributed by atoms with van der Waals surface area (Å²) in [6, 6.07) is 12.9. The summed E-state index contributed by atoms with van der Waals surface area (Å²) >= 11 is 0. The number of rotatable bonds is 2. The zero-order valence-electron chi connectivity index (χ0n) is 16.7. The fourth-order valence-corrected chi connectivity index (χ4v) is 4.66. The summed E-state index contributed by atoms with van der Waals surface area (Å²) in [6.45, 7) is 0. The van der Waals surface area contributed by atoms with Crippen LogP contribution in [-0.2, 0) is 14.1 Å². The molecule has 2 aromatic carbocycles. The summed E-state index contributed by atoms with van der Waals surface area (Å²) in [5, 5.41) is 21.8. The monoisotopic (exact) mass is 418 g/mol. The number of aromatic hydroxyl groups is 1. The van der Waals surface area contributed by atoms with Crippen molar-refractivity contribution < 1.29 is 24.4 Å². The van der Waals surface area contributed by atoms with E-state index in [1.165, 1.54) is 23.7 Å². The Balaban J connectivity index is 1.88. The van der Waals surface area contributed by atoms with Gasteiger partial charge in [0.2, 0.25) is 0 Å². The van der Waals surface area contributed by atoms with Crippen LogP contribution in [-0.4, -0.2) is 26.1 Å². The fourth-order valence-electron chi connectivity index (χ4n) is 4.66. The second kappa shape index (κ2) is 6.43. The van der Waals surface area contributed by atoms with E-state index in [1.54, 1.807) is 31.3 Å². The van der Waals surface area contributed by atoms with E-state index < -0.39 is 22.3 Å². The molecular formula is C22H18N4O5+2. The van der Waals surface area contributed by atoms with E-state index in [0.717, 1.165) is 10.1 Å². The molecule has 2 atom stereocenters. The number of benzene rings is 2. The number of Topliss-reactive ketones (excluding diaryl/α,β-unsaturated/α-hetero) is 1. The Labute approximate surface area is 175 Å². The van der Waals surface area contributed by atoms with E-state index in [-0.39, 0.29) is 23.0 Å². The van der Waals surface area contributed by atoms with Crippen LogP contribution in [0.4, 0.5) is 11.5 Å². The van der Waals surface area contributed by atoms with Crippen molar-refractivity contribution in [2.45, 2.75) is 5.92 Å². The first kappa shape index (κ1) is 18.9. The van der Waals surface area contributed by atoms with Crippen molar-refractivity contribution in [1.82, 2.24) is 4.57 Å². The molecule has 1 aliphatic heterocycles. The molecule has 9 nitrogen and oxygen atoms in total. The van der Waals surface area contributed by atoms with Crippen molar-refractivity contribution in [2.24, 2.45) is 20.0 Å². The number of aromatic nitrogens is 2. The Morgan fingerprint density at radius 3 is 2.52 bits per heavy atom. The van der Waals surface area contributed by atoms with Crippen LogP contribution >= 0.6 is 0 Å². The number of nitrogens with zero attached hydrogens (tertiary/aromatic N) is 3. The lowest BCUT2D eigenvalue weighted by molar-refractivity contribution is -0.724. The van der Waals surface area contributed by atoms with Crippen LogP contribution in [0.5, 0.6) is 6.01 Å². The summed E-state index contributed by atoms with van der Waals surface area (Å²) in [5.41, 5.74) is 2.04. The number of ketones is 1. The van der Waals surface area contributed by atoms with Crippen LogP contribution in [0, 0.1) is 16.0 Å². The molecule has 2 N–H and O–H groups in total. The fraction of sp³-hybridized carbons (Fsp3) is 0.182. The van der Waals surface area contributed by atoms with Gasteiger partial charge in [0.25, 0.3) is 5.69 Å². The van der Waals surface area contributed by atoms with Crippen molar-refractivity contribution in [3.05, 3.63) is 91.3 Å². The molecule has 31 heavy (non-hydrogen) atoms. The topological polar surface area (TPSA) is 120 Å². The molecule has 9 heteroatoms. The van der Waals surface area contributed by atoms with Gasteiger partial charge in [0.15, 0.2) is 11.3 Å². The van der Waals surface area contributed by atoms with Crippen molar-refractivity contribution >= 4 is 23.0 Å². The predicted octanol–water partition coefficient (Wildman–Crippen LogP) is -0.0170. The van der Waals surface area contributed by atoms with Crippen molar-refractivity contribution in [3.8, 4) is 6.01 Å². The first-order valence-electron chi connectivity index (χ1n) is 9.65. The van der Waals surface area contributed by atoms with Gasteiger partial charge in [-0.2, -0.15) is 0 Å². The summed E-state index contributed by atoms with van der Waals surface area (Å²) in [4.78, 5) is 40.8. The summed E-state index contributed by atoms with van der Waals surface area (Å²) in [6.07, 6.45) is 0. The lowest BCUT2D eigenvalue weighted by Crippen LogP contribution is -2.77. The average Bonchev–Trinajstić information content (AvgIpc) is 3.07. The Morgan fingerprint density at radius 2 is 1.81 bits per heavy atom. The molecule has 2 aliphatic rings. The van der Waals surface area contributed by atoms with Crippen LogP contribution < -0.4 is 15.1 Å². The molecule has 0 saturated heterocycles. The standard InChI is InChI=1S/C22H16N4O5/c1-24-20-17(21(28)25(2)22(24)29)15(11-6-5-7-12(10-11)26(30)31)16-18(23-20)13-8-3-4-9-14(13)19(16)27/h3-10,15-16H,1-2H3/p+2. The second-order valence-electron chi connectivity index (χ2n) is 7.74. The lowest BCUT2D eigenvalue weighted by atomic mass is 9.76. The molecule has 2 heterocycles. The van der Waals surface area contributed by atoms with Gasteiger partial charge < -0.3 is 5.11 Å². The van der Waals surface area contributed by atoms with Gasteiger partial charge >= 0.3 is 17.4 Å². The minimum absolute atomic E-state index is 0.123. The molecule has 154 valence electrons. The highest BCUT2D eigenvalue weighted by Gasteiger charge is 2.52. The molecule has 0 amide bonds. The maximum atomic E-state index is 13.4. The van der Waals surface area contributed by atoms with E-state index in [0.29, 0.717) is 22.7 Å². The number of carbonyl (C=O) groups is 1. The lowest BCUT2D eigenvalue weighted by Gasteiger charge is -2.24. The molecular weight excluding hydrogens is 400 g/mol. The Bertz CT molecular complexity index is 1410. The van der Waals surface area contributed by atoms with Gasteiger partial charge in [-0.25, -0.2) is 9.79 Å². The molecule has 0 spiro atoms. The quantitative estimate of drug-likeness (QED) is 0.344. The number of hydrogen-bond donors (Lipinski definition) is 2. The largest absolute Gasteiger partial charge is 0.519 e. The van der Waals surface area contributed by atoms with Crippen LogP contribution in [0.15, 0.2) is 53.3 Å². The molecule has 2 unspecified atom stereocenters. The van der Waals surface area contributed by atoms with E-state index in [9.17, 15) is 24.8 Å². The number of non-ortho nitro benzene ring substituents is 1. The minimum atomic E-state index is -0.753. The van der Waals surface area contributed by atoms with Crippen LogP contribution in [0.1, 0.15) is 33.0 Å². The molecule has 1 aliphatic carbocycles. The smallest absolute Gasteiger partial charge is 0.434 e. The third kappa shape index (κ3) is 2.49. The highest BCUT2D eigenvalue weighted by molar-refractivity contribution is 6.27. The van der Waals surface area contributed by atoms with Crippen molar-refractivity contribution in [3.63, 3.8) is 0 Å². The Hall–Kier alpha value is -4.14. The first-order valence-corrected chi connectivity index (χ1v) is 9.65. The molecule has 5 rings (SSSR count). The number of nitrogens with one attached hydrogen (secondary N) is 1. The van der Waals surface area contributed by atoms with Crippen molar-refractivity contribution in [2.75, 3.05) is 0 Å². The predicted molar refractivity (Wildman–Crippen MR) is 108 cm³/mol. The zero-order chi connectivity index (χ0) is 22.0. The molecule has 1 aromatic heterocycles. The first-order chi connectivity index (χ1) is 14.8. The molecule has 3 aromatic rings. The van der Waals surface area contributed by atoms with Crippen LogP contribution in [0.2, 0.25) is 0 Å². The van der Waals surface area contributed by atoms with Gasteiger partial charge in [0.05, 0.1) is 4.92 Å². The molecule has 0 saturated carbocycles. The number of nitro groups is 1. The second-order valence-corrected chi connectivity index (χ2v) is 7.74. The summed E-state index contributed by atoms with van der Waals surface area (Å²) < 4.78 is 2.54.